The predicted molar refractivity (Wildman–Crippen MR) is 84.6 cm³/mol. The van der Waals surface area contributed by atoms with E-state index in [1.54, 1.807) is 11.3 Å². The molecule has 2 nitrogen and oxygen atoms in total. The molecule has 1 aromatic rings. The fourth-order valence-corrected chi connectivity index (χ4v) is 4.14. The fourth-order valence-electron chi connectivity index (χ4n) is 3.45. The molecule has 1 aliphatic carbocycles. The van der Waals surface area contributed by atoms with Crippen LogP contribution in [0.2, 0.25) is 0 Å². The molecule has 0 spiro atoms. The largest absolute Gasteiger partial charge is 0.326 e. The van der Waals surface area contributed by atoms with Crippen LogP contribution in [0.15, 0.2) is 16.8 Å². The minimum atomic E-state index is 0.247. The van der Waals surface area contributed by atoms with E-state index in [2.05, 4.69) is 35.6 Å². The van der Waals surface area contributed by atoms with Gasteiger partial charge in [-0.2, -0.15) is 11.3 Å². The predicted octanol–water partition coefficient (Wildman–Crippen LogP) is 4.18. The molecule has 2 unspecified atom stereocenters. The summed E-state index contributed by atoms with van der Waals surface area (Å²) in [4.78, 5) is 2.68. The molecule has 2 atom stereocenters. The van der Waals surface area contributed by atoms with Gasteiger partial charge < -0.3 is 5.73 Å². The van der Waals surface area contributed by atoms with Crippen molar-refractivity contribution in [1.82, 2.24) is 4.90 Å². The van der Waals surface area contributed by atoms with Gasteiger partial charge >= 0.3 is 0 Å². The number of rotatable bonds is 6. The SMILES string of the molecule is CCC(N)C(c1ccsc1)N(CC)C1CCCCC1. The summed E-state index contributed by atoms with van der Waals surface area (Å²) in [5.74, 6) is 0. The average molecular weight is 280 g/mol. The van der Waals surface area contributed by atoms with Gasteiger partial charge in [0.1, 0.15) is 0 Å². The van der Waals surface area contributed by atoms with Crippen LogP contribution in [0.4, 0.5) is 0 Å². The quantitative estimate of drug-likeness (QED) is 0.847. The van der Waals surface area contributed by atoms with Crippen molar-refractivity contribution in [2.75, 3.05) is 6.54 Å². The minimum absolute atomic E-state index is 0.247. The molecule has 0 radical (unpaired) electrons. The summed E-state index contributed by atoms with van der Waals surface area (Å²) in [6.45, 7) is 5.61. The number of nitrogens with two attached hydrogens (primary N) is 1. The Morgan fingerprint density at radius 2 is 2.05 bits per heavy atom. The van der Waals surface area contributed by atoms with Crippen LogP contribution in [0.5, 0.6) is 0 Å². The van der Waals surface area contributed by atoms with Crippen molar-refractivity contribution >= 4 is 11.3 Å². The van der Waals surface area contributed by atoms with Gasteiger partial charge in [0, 0.05) is 12.1 Å². The molecule has 2 N–H and O–H groups in total. The first-order valence-corrected chi connectivity index (χ1v) is 8.75. The Kier molecular flexibility index (Phi) is 5.86. The second kappa shape index (κ2) is 7.41. The van der Waals surface area contributed by atoms with Crippen molar-refractivity contribution < 1.29 is 0 Å². The molecular weight excluding hydrogens is 252 g/mol. The average Bonchev–Trinajstić information content (AvgIpc) is 2.98. The molecule has 1 aromatic heterocycles. The molecule has 1 aliphatic rings. The smallest absolute Gasteiger partial charge is 0.0510 e. The van der Waals surface area contributed by atoms with Crippen LogP contribution in [0, 0.1) is 0 Å². The summed E-state index contributed by atoms with van der Waals surface area (Å²) in [6.07, 6.45) is 7.94. The summed E-state index contributed by atoms with van der Waals surface area (Å²) in [5, 5.41) is 4.46. The van der Waals surface area contributed by atoms with Crippen LogP contribution in [-0.2, 0) is 0 Å². The van der Waals surface area contributed by atoms with Crippen LogP contribution in [0.25, 0.3) is 0 Å². The number of hydrogen-bond acceptors (Lipinski definition) is 3. The highest BCUT2D eigenvalue weighted by molar-refractivity contribution is 7.07. The Hall–Kier alpha value is -0.380. The van der Waals surface area contributed by atoms with E-state index < -0.39 is 0 Å². The van der Waals surface area contributed by atoms with Crippen LogP contribution in [0.3, 0.4) is 0 Å². The summed E-state index contributed by atoms with van der Waals surface area (Å²) >= 11 is 1.79. The van der Waals surface area contributed by atoms with Gasteiger partial charge in [0.25, 0.3) is 0 Å². The molecule has 1 saturated carbocycles. The van der Waals surface area contributed by atoms with E-state index in [1.165, 1.54) is 37.7 Å². The molecule has 1 fully saturated rings. The Morgan fingerprint density at radius 3 is 2.58 bits per heavy atom. The zero-order chi connectivity index (χ0) is 13.7. The molecule has 3 heteroatoms. The summed E-state index contributed by atoms with van der Waals surface area (Å²) in [6, 6.07) is 3.65. The minimum Gasteiger partial charge on any atom is -0.326 e. The lowest BCUT2D eigenvalue weighted by Crippen LogP contribution is -2.46. The van der Waals surface area contributed by atoms with E-state index in [0.29, 0.717) is 6.04 Å². The van der Waals surface area contributed by atoms with E-state index in [9.17, 15) is 0 Å². The lowest BCUT2D eigenvalue weighted by molar-refractivity contribution is 0.0934. The highest BCUT2D eigenvalue weighted by Crippen LogP contribution is 2.33. The molecule has 0 bridgehead atoms. The summed E-state index contributed by atoms with van der Waals surface area (Å²) in [5.41, 5.74) is 7.88. The van der Waals surface area contributed by atoms with Gasteiger partial charge in [0.2, 0.25) is 0 Å². The molecule has 0 saturated heterocycles. The molecule has 19 heavy (non-hydrogen) atoms. The molecule has 0 aliphatic heterocycles. The molecular formula is C16H28N2S. The van der Waals surface area contributed by atoms with Gasteiger partial charge in [0.05, 0.1) is 6.04 Å². The van der Waals surface area contributed by atoms with Gasteiger partial charge in [-0.1, -0.05) is 33.1 Å². The highest BCUT2D eigenvalue weighted by Gasteiger charge is 2.30. The lowest BCUT2D eigenvalue weighted by Gasteiger charge is -2.41. The van der Waals surface area contributed by atoms with Gasteiger partial charge in [-0.25, -0.2) is 0 Å². The van der Waals surface area contributed by atoms with E-state index in [1.807, 2.05) is 0 Å². The molecule has 1 heterocycles. The third-order valence-electron chi connectivity index (χ3n) is 4.53. The Balaban J connectivity index is 2.19. The van der Waals surface area contributed by atoms with Gasteiger partial charge in [0.15, 0.2) is 0 Å². The van der Waals surface area contributed by atoms with Crippen molar-refractivity contribution in [2.24, 2.45) is 5.73 Å². The van der Waals surface area contributed by atoms with Crippen molar-refractivity contribution in [3.05, 3.63) is 22.4 Å². The maximum Gasteiger partial charge on any atom is 0.0510 e. The van der Waals surface area contributed by atoms with E-state index in [4.69, 9.17) is 5.73 Å². The molecule has 108 valence electrons. The molecule has 2 rings (SSSR count). The van der Waals surface area contributed by atoms with E-state index in [-0.39, 0.29) is 6.04 Å². The second-order valence-electron chi connectivity index (χ2n) is 5.70. The number of nitrogens with zero attached hydrogens (tertiary/aromatic N) is 1. The Bertz CT molecular complexity index is 344. The standard InChI is InChI=1S/C16H28N2S/c1-3-15(17)16(13-10-11-19-12-13)18(4-2)14-8-6-5-7-9-14/h10-12,14-16H,3-9,17H2,1-2H3. The lowest BCUT2D eigenvalue weighted by atomic mass is 9.90. The first-order chi connectivity index (χ1) is 9.27. The molecule has 0 aromatic carbocycles. The zero-order valence-corrected chi connectivity index (χ0v) is 13.2. The van der Waals surface area contributed by atoms with Crippen LogP contribution >= 0.6 is 11.3 Å². The van der Waals surface area contributed by atoms with Crippen LogP contribution < -0.4 is 5.73 Å². The summed E-state index contributed by atoms with van der Waals surface area (Å²) < 4.78 is 0. The highest BCUT2D eigenvalue weighted by atomic mass is 32.1. The third-order valence-corrected chi connectivity index (χ3v) is 5.23. The van der Waals surface area contributed by atoms with Crippen LogP contribution in [0.1, 0.15) is 64.0 Å². The van der Waals surface area contributed by atoms with E-state index >= 15 is 0 Å². The van der Waals surface area contributed by atoms with E-state index in [0.717, 1.165) is 19.0 Å². The first-order valence-electron chi connectivity index (χ1n) is 7.81. The zero-order valence-electron chi connectivity index (χ0n) is 12.3. The van der Waals surface area contributed by atoms with Gasteiger partial charge in [-0.3, -0.25) is 4.90 Å². The van der Waals surface area contributed by atoms with Gasteiger partial charge in [-0.15, -0.1) is 0 Å². The number of hydrogen-bond donors (Lipinski definition) is 1. The van der Waals surface area contributed by atoms with Crippen molar-refractivity contribution in [3.8, 4) is 0 Å². The Labute approximate surface area is 122 Å². The number of thiophene rings is 1. The molecule has 0 amide bonds. The second-order valence-corrected chi connectivity index (χ2v) is 6.48. The Morgan fingerprint density at radius 1 is 1.32 bits per heavy atom. The first kappa shape index (κ1) is 15.0. The van der Waals surface area contributed by atoms with Crippen molar-refractivity contribution in [3.63, 3.8) is 0 Å². The number of likely N-dealkylation sites (N-methyl/N-ethyl adjacent to an activating group) is 1. The third kappa shape index (κ3) is 3.59. The topological polar surface area (TPSA) is 29.3 Å². The van der Waals surface area contributed by atoms with Crippen LogP contribution in [-0.4, -0.2) is 23.5 Å². The van der Waals surface area contributed by atoms with Gasteiger partial charge in [-0.05, 0) is 48.2 Å². The summed E-state index contributed by atoms with van der Waals surface area (Å²) in [7, 11) is 0. The van der Waals surface area contributed by atoms with Crippen molar-refractivity contribution in [1.29, 1.82) is 0 Å². The normalized spacial score (nSPS) is 20.6. The monoisotopic (exact) mass is 280 g/mol. The fraction of sp³-hybridized carbons (Fsp3) is 0.750. The van der Waals surface area contributed by atoms with Crippen molar-refractivity contribution in [2.45, 2.75) is 70.5 Å². The maximum atomic E-state index is 6.45. The maximum absolute atomic E-state index is 6.45.